The molecule has 4 aliphatic rings. The van der Waals surface area contributed by atoms with Crippen LogP contribution in [0.3, 0.4) is 0 Å². The largest absolute Gasteiger partial charge is 0.381 e. The third kappa shape index (κ3) is 2.22. The highest BCUT2D eigenvalue weighted by molar-refractivity contribution is 5.24. The van der Waals surface area contributed by atoms with E-state index in [1.165, 1.54) is 51.4 Å². The van der Waals surface area contributed by atoms with Gasteiger partial charge in [-0.05, 0) is 92.3 Å². The highest BCUT2D eigenvalue weighted by Gasteiger charge is 2.61. The van der Waals surface area contributed by atoms with Gasteiger partial charge >= 0.3 is 0 Å². The van der Waals surface area contributed by atoms with Crippen LogP contribution in [0.5, 0.6) is 0 Å². The first-order valence-electron chi connectivity index (χ1n) is 10.6. The molecular formula is C23H38O. The van der Waals surface area contributed by atoms with Crippen molar-refractivity contribution in [2.45, 2.75) is 85.2 Å². The summed E-state index contributed by atoms with van der Waals surface area (Å²) in [7, 11) is 1.99. The smallest absolute Gasteiger partial charge is 0.0608 e. The van der Waals surface area contributed by atoms with E-state index >= 15 is 0 Å². The van der Waals surface area contributed by atoms with Crippen LogP contribution in [0.2, 0.25) is 0 Å². The zero-order valence-electron chi connectivity index (χ0n) is 16.6. The van der Waals surface area contributed by atoms with Crippen molar-refractivity contribution < 1.29 is 4.74 Å². The minimum atomic E-state index is 0.470. The van der Waals surface area contributed by atoms with E-state index in [0.29, 0.717) is 16.9 Å². The quantitative estimate of drug-likeness (QED) is 0.517. The molecule has 4 fully saturated rings. The van der Waals surface area contributed by atoms with E-state index in [2.05, 4.69) is 33.8 Å². The van der Waals surface area contributed by atoms with Gasteiger partial charge in [-0.25, -0.2) is 0 Å². The summed E-state index contributed by atoms with van der Waals surface area (Å²) in [4.78, 5) is 0. The Morgan fingerprint density at radius 1 is 1.04 bits per heavy atom. The molecule has 0 aromatic carbocycles. The number of hydrogen-bond donors (Lipinski definition) is 0. The fourth-order valence-electron chi connectivity index (χ4n) is 7.99. The number of fused-ring (bicyclic) bond motifs is 5. The number of ether oxygens (including phenoxy) is 1. The molecule has 0 bridgehead atoms. The van der Waals surface area contributed by atoms with Crippen LogP contribution in [0, 0.1) is 40.4 Å². The number of rotatable bonds is 1. The van der Waals surface area contributed by atoms with Crippen LogP contribution in [0.4, 0.5) is 0 Å². The summed E-state index contributed by atoms with van der Waals surface area (Å²) in [6.07, 6.45) is 14.3. The van der Waals surface area contributed by atoms with E-state index in [0.717, 1.165) is 29.6 Å². The first-order chi connectivity index (χ1) is 11.4. The van der Waals surface area contributed by atoms with E-state index in [-0.39, 0.29) is 0 Å². The van der Waals surface area contributed by atoms with Gasteiger partial charge in [0.15, 0.2) is 0 Å². The predicted molar refractivity (Wildman–Crippen MR) is 101 cm³/mol. The molecule has 4 aliphatic carbocycles. The monoisotopic (exact) mass is 330 g/mol. The van der Waals surface area contributed by atoms with Crippen molar-refractivity contribution in [2.75, 3.05) is 7.11 Å². The lowest BCUT2D eigenvalue weighted by molar-refractivity contribution is -0.167. The summed E-state index contributed by atoms with van der Waals surface area (Å²) in [5.74, 6) is 4.40. The highest BCUT2D eigenvalue weighted by atomic mass is 16.5. The molecule has 0 amide bonds. The van der Waals surface area contributed by atoms with Gasteiger partial charge in [-0.2, -0.15) is 0 Å². The average molecular weight is 331 g/mol. The molecular weight excluding hydrogens is 292 g/mol. The normalized spacial score (nSPS) is 55.8. The molecule has 0 spiro atoms. The molecule has 0 N–H and O–H groups in total. The summed E-state index contributed by atoms with van der Waals surface area (Å²) < 4.78 is 6.19. The van der Waals surface area contributed by atoms with Crippen LogP contribution < -0.4 is 0 Å². The molecule has 0 aliphatic heterocycles. The molecule has 0 saturated heterocycles. The molecule has 0 aromatic heterocycles. The van der Waals surface area contributed by atoms with Crippen molar-refractivity contribution >= 4 is 0 Å². The van der Waals surface area contributed by atoms with Gasteiger partial charge < -0.3 is 4.74 Å². The lowest BCUT2D eigenvalue weighted by atomic mass is 9.44. The number of allylic oxidation sites excluding steroid dienone is 2. The van der Waals surface area contributed by atoms with Gasteiger partial charge in [-0.15, -0.1) is 0 Å². The Morgan fingerprint density at radius 2 is 1.83 bits per heavy atom. The molecule has 4 saturated carbocycles. The Balaban J connectivity index is 1.70. The van der Waals surface area contributed by atoms with Crippen molar-refractivity contribution in [3.63, 3.8) is 0 Å². The Kier molecular flexibility index (Phi) is 4.18. The molecule has 0 radical (unpaired) electrons. The molecule has 136 valence electrons. The predicted octanol–water partition coefficient (Wildman–Crippen LogP) is 6.24. The molecule has 0 heterocycles. The lowest BCUT2D eigenvalue weighted by Crippen LogP contribution is -2.58. The van der Waals surface area contributed by atoms with Crippen molar-refractivity contribution in [2.24, 2.45) is 40.4 Å². The Hall–Kier alpha value is -0.300. The molecule has 8 atom stereocenters. The summed E-state index contributed by atoms with van der Waals surface area (Å²) >= 11 is 0. The van der Waals surface area contributed by atoms with Crippen LogP contribution in [0.25, 0.3) is 0 Å². The number of hydrogen-bond acceptors (Lipinski definition) is 1. The van der Waals surface area contributed by atoms with Crippen LogP contribution in [-0.4, -0.2) is 13.2 Å². The molecule has 1 heteroatoms. The SMILES string of the molecule is C/C=C1/CCC2C3C(OC)CC4CC(C)CCC4(C)C3CCC12C. The zero-order valence-corrected chi connectivity index (χ0v) is 16.6. The van der Waals surface area contributed by atoms with Crippen molar-refractivity contribution in [1.82, 2.24) is 0 Å². The average Bonchev–Trinajstić information content (AvgIpc) is 2.91. The van der Waals surface area contributed by atoms with Gasteiger partial charge in [0, 0.05) is 7.11 Å². The second kappa shape index (κ2) is 5.86. The fraction of sp³-hybridized carbons (Fsp3) is 0.913. The maximum absolute atomic E-state index is 6.19. The number of methoxy groups -OCH3 is 1. The Bertz CT molecular complexity index is 522. The summed E-state index contributed by atoms with van der Waals surface area (Å²) in [6, 6.07) is 0. The first-order valence-corrected chi connectivity index (χ1v) is 10.6. The Labute approximate surface area is 149 Å². The van der Waals surface area contributed by atoms with Gasteiger partial charge in [0.2, 0.25) is 0 Å². The third-order valence-electron chi connectivity index (χ3n) is 9.42. The van der Waals surface area contributed by atoms with Crippen LogP contribution in [0.1, 0.15) is 79.1 Å². The summed E-state index contributed by atoms with van der Waals surface area (Å²) in [5, 5.41) is 0. The van der Waals surface area contributed by atoms with E-state index in [4.69, 9.17) is 4.74 Å². The standard InChI is InChI=1S/C23H38O/c1-6-16-7-8-18-21-19(10-12-22(16,18)3)23(4)11-9-15(2)13-17(23)14-20(21)24-5/h6,15,17-21H,7-14H2,1-5H3/b16-6-. The van der Waals surface area contributed by atoms with Gasteiger partial charge in [-0.3, -0.25) is 0 Å². The maximum Gasteiger partial charge on any atom is 0.0608 e. The van der Waals surface area contributed by atoms with E-state index in [1.54, 1.807) is 5.57 Å². The van der Waals surface area contributed by atoms with Crippen LogP contribution >= 0.6 is 0 Å². The fourth-order valence-corrected chi connectivity index (χ4v) is 7.99. The lowest BCUT2D eigenvalue weighted by Gasteiger charge is -2.62. The van der Waals surface area contributed by atoms with E-state index in [1.807, 2.05) is 7.11 Å². The van der Waals surface area contributed by atoms with Crippen LogP contribution in [-0.2, 0) is 4.74 Å². The molecule has 0 aromatic rings. The topological polar surface area (TPSA) is 9.23 Å². The minimum Gasteiger partial charge on any atom is -0.381 e. The summed E-state index contributed by atoms with van der Waals surface area (Å²) in [5.41, 5.74) is 2.81. The molecule has 1 nitrogen and oxygen atoms in total. The van der Waals surface area contributed by atoms with Gasteiger partial charge in [0.05, 0.1) is 6.10 Å². The summed E-state index contributed by atoms with van der Waals surface area (Å²) in [6.45, 7) is 9.99. The van der Waals surface area contributed by atoms with Crippen molar-refractivity contribution in [1.29, 1.82) is 0 Å². The van der Waals surface area contributed by atoms with E-state index < -0.39 is 0 Å². The van der Waals surface area contributed by atoms with Crippen LogP contribution in [0.15, 0.2) is 11.6 Å². The first kappa shape index (κ1) is 17.1. The molecule has 24 heavy (non-hydrogen) atoms. The Morgan fingerprint density at radius 3 is 2.54 bits per heavy atom. The molecule has 8 unspecified atom stereocenters. The molecule has 4 rings (SSSR count). The van der Waals surface area contributed by atoms with E-state index in [9.17, 15) is 0 Å². The van der Waals surface area contributed by atoms with Gasteiger partial charge in [0.25, 0.3) is 0 Å². The second-order valence-electron chi connectivity index (χ2n) is 10.2. The third-order valence-corrected chi connectivity index (χ3v) is 9.42. The van der Waals surface area contributed by atoms with Gasteiger partial charge in [-0.1, -0.05) is 38.8 Å². The van der Waals surface area contributed by atoms with Crippen molar-refractivity contribution in [3.05, 3.63) is 11.6 Å². The van der Waals surface area contributed by atoms with Gasteiger partial charge in [0.1, 0.15) is 0 Å². The zero-order chi connectivity index (χ0) is 17.1. The maximum atomic E-state index is 6.19. The second-order valence-corrected chi connectivity index (χ2v) is 10.2. The minimum absolute atomic E-state index is 0.470. The highest BCUT2D eigenvalue weighted by Crippen LogP contribution is 2.67. The van der Waals surface area contributed by atoms with Crippen molar-refractivity contribution in [3.8, 4) is 0 Å².